The van der Waals surface area contributed by atoms with Crippen molar-refractivity contribution in [2.45, 2.75) is 11.8 Å². The lowest BCUT2D eigenvalue weighted by Crippen LogP contribution is -2.37. The van der Waals surface area contributed by atoms with Crippen molar-refractivity contribution in [1.82, 2.24) is 15.5 Å². The Morgan fingerprint density at radius 2 is 2.29 bits per heavy atom. The second-order valence-corrected chi connectivity index (χ2v) is 5.61. The summed E-state index contributed by atoms with van der Waals surface area (Å²) in [6, 6.07) is 2.44. The maximum absolute atomic E-state index is 10.8. The summed E-state index contributed by atoms with van der Waals surface area (Å²) >= 11 is 4.43. The Bertz CT molecular complexity index is 629. The van der Waals surface area contributed by atoms with E-state index >= 15 is 0 Å². The second-order valence-electron chi connectivity index (χ2n) is 3.80. The van der Waals surface area contributed by atoms with Gasteiger partial charge in [0.05, 0.1) is 5.75 Å². The summed E-state index contributed by atoms with van der Waals surface area (Å²) in [5.74, 6) is 0.463. The number of furan rings is 1. The van der Waals surface area contributed by atoms with Gasteiger partial charge in [0.1, 0.15) is 6.04 Å². The van der Waals surface area contributed by atoms with Gasteiger partial charge in [-0.25, -0.2) is 4.79 Å². The van der Waals surface area contributed by atoms with Crippen molar-refractivity contribution in [2.24, 2.45) is 0 Å². The molecule has 0 aliphatic rings. The maximum atomic E-state index is 10.8. The van der Waals surface area contributed by atoms with E-state index in [1.807, 2.05) is 0 Å². The molecule has 0 radical (unpaired) electrons. The van der Waals surface area contributed by atoms with E-state index in [4.69, 9.17) is 13.9 Å². The van der Waals surface area contributed by atoms with Gasteiger partial charge in [-0.3, -0.25) is 4.79 Å². The van der Waals surface area contributed by atoms with Crippen LogP contribution < -0.4 is 5.32 Å². The lowest BCUT2D eigenvalue weighted by atomic mass is 10.3. The third-order valence-electron chi connectivity index (χ3n) is 2.33. The molecule has 0 aliphatic carbocycles. The summed E-state index contributed by atoms with van der Waals surface area (Å²) in [5, 5.41) is 18.7. The number of halogens is 1. The number of nitrogens with one attached hydrogen (secondary N) is 1. The predicted molar refractivity (Wildman–Crippen MR) is 76.5 cm³/mol. The monoisotopic (exact) mass is 375 g/mol. The quantitative estimate of drug-likeness (QED) is 0.666. The van der Waals surface area contributed by atoms with Gasteiger partial charge in [0, 0.05) is 5.75 Å². The molecule has 2 N–H and O–H groups in total. The van der Waals surface area contributed by atoms with Gasteiger partial charge in [0.25, 0.3) is 5.89 Å². The number of hydrogen-bond donors (Lipinski definition) is 2. The van der Waals surface area contributed by atoms with Crippen LogP contribution in [0.4, 0.5) is 0 Å². The van der Waals surface area contributed by atoms with Gasteiger partial charge in [-0.15, -0.1) is 22.0 Å². The van der Waals surface area contributed by atoms with E-state index in [0.29, 0.717) is 28.5 Å². The lowest BCUT2D eigenvalue weighted by molar-refractivity contribution is -0.139. The van der Waals surface area contributed by atoms with Crippen LogP contribution in [-0.4, -0.2) is 39.5 Å². The van der Waals surface area contributed by atoms with Crippen LogP contribution in [-0.2, 0) is 15.3 Å². The Morgan fingerprint density at radius 1 is 1.48 bits per heavy atom. The molecular weight excluding hydrogens is 366 g/mol. The molecule has 112 valence electrons. The molecule has 0 saturated carbocycles. The Kier molecular flexibility index (Phi) is 5.39. The molecule has 2 aromatic rings. The third-order valence-corrected chi connectivity index (χ3v) is 3.77. The normalized spacial score (nSPS) is 12.0. The van der Waals surface area contributed by atoms with Gasteiger partial charge >= 0.3 is 5.97 Å². The van der Waals surface area contributed by atoms with Crippen molar-refractivity contribution in [3.05, 3.63) is 22.7 Å². The number of amides is 1. The first-order chi connectivity index (χ1) is 10.1. The van der Waals surface area contributed by atoms with Gasteiger partial charge in [-0.1, -0.05) is 0 Å². The zero-order valence-corrected chi connectivity index (χ0v) is 12.9. The number of hydrogen-bond acceptors (Lipinski definition) is 7. The molecule has 2 heterocycles. The molecular formula is C11H10BrN3O5S. The van der Waals surface area contributed by atoms with Crippen LogP contribution in [0.1, 0.15) is 5.89 Å². The van der Waals surface area contributed by atoms with E-state index in [1.54, 1.807) is 12.1 Å². The molecule has 0 aromatic carbocycles. The molecule has 0 aliphatic heterocycles. The number of thioether (sulfide) groups is 1. The van der Waals surface area contributed by atoms with Crippen LogP contribution in [0.15, 0.2) is 25.6 Å². The Balaban J connectivity index is 1.88. The summed E-state index contributed by atoms with van der Waals surface area (Å²) in [6.07, 6.45) is 0.360. The highest BCUT2D eigenvalue weighted by Gasteiger charge is 2.17. The van der Waals surface area contributed by atoms with E-state index < -0.39 is 12.0 Å². The number of aliphatic carboxylic acids is 1. The first kappa shape index (κ1) is 15.6. The Morgan fingerprint density at radius 3 is 2.90 bits per heavy atom. The minimum atomic E-state index is -1.10. The lowest BCUT2D eigenvalue weighted by Gasteiger charge is -2.09. The van der Waals surface area contributed by atoms with Crippen LogP contribution in [0.25, 0.3) is 11.7 Å². The molecule has 0 saturated heterocycles. The van der Waals surface area contributed by atoms with E-state index in [-0.39, 0.29) is 11.6 Å². The number of carboxylic acid groups (broad SMARTS) is 1. The third kappa shape index (κ3) is 4.33. The summed E-state index contributed by atoms with van der Waals surface area (Å²) < 4.78 is 11.2. The van der Waals surface area contributed by atoms with E-state index in [9.17, 15) is 9.59 Å². The van der Waals surface area contributed by atoms with Crippen LogP contribution >= 0.6 is 27.7 Å². The minimum absolute atomic E-state index is 0.193. The van der Waals surface area contributed by atoms with Gasteiger partial charge in [0.15, 0.2) is 10.4 Å². The number of aromatic nitrogens is 2. The fourth-order valence-corrected chi connectivity index (χ4v) is 2.57. The molecule has 1 unspecified atom stereocenters. The molecule has 2 rings (SSSR count). The van der Waals surface area contributed by atoms with E-state index in [1.165, 1.54) is 11.8 Å². The highest BCUT2D eigenvalue weighted by atomic mass is 79.9. The average Bonchev–Trinajstić information content (AvgIpc) is 3.06. The number of carbonyl (C=O) groups excluding carboxylic acids is 1. The zero-order valence-electron chi connectivity index (χ0n) is 10.5. The van der Waals surface area contributed by atoms with Crippen molar-refractivity contribution >= 4 is 40.1 Å². The smallest absolute Gasteiger partial charge is 0.327 e. The summed E-state index contributed by atoms with van der Waals surface area (Å²) in [4.78, 5) is 21.1. The van der Waals surface area contributed by atoms with Gasteiger partial charge < -0.3 is 19.3 Å². The van der Waals surface area contributed by atoms with Gasteiger partial charge in [0.2, 0.25) is 12.3 Å². The Hall–Kier alpha value is -1.81. The molecule has 21 heavy (non-hydrogen) atoms. The standard InChI is InChI=1S/C11H10BrN3O5S/c12-8-2-1-7(19-8)10-15-14-9(20-10)4-21-3-6(11(17)18)13-5-16/h1-2,5-6H,3-4H2,(H,13,16)(H,17,18). The van der Waals surface area contributed by atoms with E-state index in [0.717, 1.165) is 0 Å². The maximum Gasteiger partial charge on any atom is 0.327 e. The van der Waals surface area contributed by atoms with E-state index in [2.05, 4.69) is 31.4 Å². The van der Waals surface area contributed by atoms with Gasteiger partial charge in [-0.2, -0.15) is 0 Å². The second kappa shape index (κ2) is 7.27. The van der Waals surface area contributed by atoms with Crippen molar-refractivity contribution < 1.29 is 23.5 Å². The van der Waals surface area contributed by atoms with Crippen LogP contribution in [0.2, 0.25) is 0 Å². The van der Waals surface area contributed by atoms with Crippen molar-refractivity contribution in [3.63, 3.8) is 0 Å². The molecule has 0 bridgehead atoms. The average molecular weight is 376 g/mol. The highest BCUT2D eigenvalue weighted by molar-refractivity contribution is 9.10. The number of rotatable bonds is 8. The highest BCUT2D eigenvalue weighted by Crippen LogP contribution is 2.24. The fourth-order valence-electron chi connectivity index (χ4n) is 1.38. The molecule has 10 heteroatoms. The number of carbonyl (C=O) groups is 2. The largest absolute Gasteiger partial charge is 0.480 e. The fraction of sp³-hybridized carbons (Fsp3) is 0.273. The van der Waals surface area contributed by atoms with Crippen LogP contribution in [0.3, 0.4) is 0 Å². The summed E-state index contributed by atoms with van der Waals surface area (Å²) in [7, 11) is 0. The SMILES string of the molecule is O=CNC(CSCc1nnc(-c2ccc(Br)o2)o1)C(=O)O. The molecule has 8 nitrogen and oxygen atoms in total. The molecule has 1 amide bonds. The number of carboxylic acids is 1. The summed E-state index contributed by atoms with van der Waals surface area (Å²) in [5.41, 5.74) is 0. The van der Waals surface area contributed by atoms with Crippen molar-refractivity contribution in [2.75, 3.05) is 5.75 Å². The molecule has 1 atom stereocenters. The molecule has 0 spiro atoms. The Labute approximate surface area is 131 Å². The molecule has 0 fully saturated rings. The predicted octanol–water partition coefficient (Wildman–Crippen LogP) is 1.52. The first-order valence-electron chi connectivity index (χ1n) is 5.68. The van der Waals surface area contributed by atoms with Gasteiger partial charge in [-0.05, 0) is 28.1 Å². The first-order valence-corrected chi connectivity index (χ1v) is 7.63. The zero-order chi connectivity index (χ0) is 15.2. The minimum Gasteiger partial charge on any atom is -0.480 e. The summed E-state index contributed by atoms with van der Waals surface area (Å²) in [6.45, 7) is 0. The topological polar surface area (TPSA) is 118 Å². The van der Waals surface area contributed by atoms with Crippen molar-refractivity contribution in [1.29, 1.82) is 0 Å². The van der Waals surface area contributed by atoms with Crippen LogP contribution in [0.5, 0.6) is 0 Å². The molecule has 2 aromatic heterocycles. The number of nitrogens with zero attached hydrogens (tertiary/aromatic N) is 2. The van der Waals surface area contributed by atoms with Crippen LogP contribution in [0, 0.1) is 0 Å². The van der Waals surface area contributed by atoms with Crippen molar-refractivity contribution in [3.8, 4) is 11.7 Å².